The van der Waals surface area contributed by atoms with E-state index in [1.165, 1.54) is 65.5 Å². The number of imidazole rings is 1. The molecule has 62 heavy (non-hydrogen) atoms. The van der Waals surface area contributed by atoms with E-state index < -0.39 is 0 Å². The van der Waals surface area contributed by atoms with Crippen LogP contribution in [0.25, 0.3) is 121 Å². The highest BCUT2D eigenvalue weighted by Gasteiger charge is 2.25. The molecule has 0 saturated heterocycles. The molecule has 288 valence electrons. The molecule has 0 saturated carbocycles. The first-order valence-corrected chi connectivity index (χ1v) is 21.2. The van der Waals surface area contributed by atoms with E-state index >= 15 is 0 Å². The van der Waals surface area contributed by atoms with E-state index in [0.717, 1.165) is 55.7 Å². The van der Waals surface area contributed by atoms with Crippen molar-refractivity contribution in [1.29, 1.82) is 0 Å². The minimum absolute atomic E-state index is 0.954. The van der Waals surface area contributed by atoms with Crippen LogP contribution in [0.5, 0.6) is 0 Å². The van der Waals surface area contributed by atoms with E-state index in [0.29, 0.717) is 0 Å². The molecule has 0 unspecified atom stereocenters. The molecule has 0 N–H and O–H groups in total. The summed E-state index contributed by atoms with van der Waals surface area (Å²) in [5, 5.41) is 9.56. The van der Waals surface area contributed by atoms with Crippen molar-refractivity contribution in [3.8, 4) is 28.2 Å². The van der Waals surface area contributed by atoms with Crippen LogP contribution in [0, 0.1) is 0 Å². The summed E-state index contributed by atoms with van der Waals surface area (Å²) in [6, 6.07) is 77.1. The van der Waals surface area contributed by atoms with Gasteiger partial charge in [0.05, 0.1) is 33.1 Å². The van der Waals surface area contributed by atoms with Gasteiger partial charge in [0.15, 0.2) is 5.65 Å². The third kappa shape index (κ3) is 4.43. The van der Waals surface area contributed by atoms with Gasteiger partial charge >= 0.3 is 0 Å². The molecule has 5 nitrogen and oxygen atoms in total. The summed E-state index contributed by atoms with van der Waals surface area (Å²) in [5.74, 6) is 0. The van der Waals surface area contributed by atoms with Crippen molar-refractivity contribution in [2.75, 3.05) is 0 Å². The molecule has 0 fully saturated rings. The Morgan fingerprint density at radius 2 is 0.774 bits per heavy atom. The van der Waals surface area contributed by atoms with Crippen molar-refractivity contribution in [2.45, 2.75) is 0 Å². The number of para-hydroxylation sites is 5. The van der Waals surface area contributed by atoms with Crippen molar-refractivity contribution in [3.05, 3.63) is 212 Å². The van der Waals surface area contributed by atoms with E-state index in [1.54, 1.807) is 0 Å². The van der Waals surface area contributed by atoms with E-state index in [-0.39, 0.29) is 0 Å². The third-order valence-corrected chi connectivity index (χ3v) is 13.1. The molecule has 0 atom stereocenters. The SMILES string of the molecule is c1ccc(-n2c3ccccc3c3cc(-n4c5ccccc5c5nc6c7ccccc7c7c(-c8cccc9c8c8ccccc8n9-c8ccccc8)cccc7n6c54)ccc32)cc1. The highest BCUT2D eigenvalue weighted by molar-refractivity contribution is 6.24. The Morgan fingerprint density at radius 1 is 0.290 bits per heavy atom. The smallest absolute Gasteiger partial charge is 0.151 e. The Kier molecular flexibility index (Phi) is 6.77. The lowest BCUT2D eigenvalue weighted by Crippen LogP contribution is -2.00. The van der Waals surface area contributed by atoms with Crippen molar-refractivity contribution in [3.63, 3.8) is 0 Å². The summed E-state index contributed by atoms with van der Waals surface area (Å²) in [6.45, 7) is 0. The molecule has 5 heterocycles. The maximum atomic E-state index is 5.59. The van der Waals surface area contributed by atoms with Crippen molar-refractivity contribution < 1.29 is 0 Å². The molecule has 14 rings (SSSR count). The zero-order chi connectivity index (χ0) is 40.5. The zero-order valence-corrected chi connectivity index (χ0v) is 33.4. The maximum Gasteiger partial charge on any atom is 0.151 e. The van der Waals surface area contributed by atoms with Gasteiger partial charge in [-0.25, -0.2) is 4.98 Å². The first-order valence-electron chi connectivity index (χ1n) is 21.2. The summed E-state index contributed by atoms with van der Waals surface area (Å²) in [4.78, 5) is 5.59. The molecule has 0 bridgehead atoms. The predicted molar refractivity (Wildman–Crippen MR) is 259 cm³/mol. The number of hydrogen-bond acceptors (Lipinski definition) is 1. The van der Waals surface area contributed by atoms with Gasteiger partial charge in [-0.1, -0.05) is 140 Å². The zero-order valence-electron chi connectivity index (χ0n) is 33.4. The number of fused-ring (bicyclic) bond motifs is 16. The minimum Gasteiger partial charge on any atom is -0.309 e. The van der Waals surface area contributed by atoms with Gasteiger partial charge in [0.1, 0.15) is 11.2 Å². The lowest BCUT2D eigenvalue weighted by Gasteiger charge is -2.16. The minimum atomic E-state index is 0.954. The monoisotopic (exact) mass is 789 g/mol. The molecule has 0 amide bonds. The maximum absolute atomic E-state index is 5.59. The van der Waals surface area contributed by atoms with Crippen molar-refractivity contribution in [2.24, 2.45) is 0 Å². The van der Waals surface area contributed by atoms with Gasteiger partial charge in [-0.3, -0.25) is 8.97 Å². The van der Waals surface area contributed by atoms with Crippen LogP contribution in [0.15, 0.2) is 212 Å². The molecular weight excluding hydrogens is 755 g/mol. The Labute approximate surface area is 355 Å². The normalized spacial score (nSPS) is 12.2. The summed E-state index contributed by atoms with van der Waals surface area (Å²) < 4.78 is 9.65. The second-order valence-corrected chi connectivity index (χ2v) is 16.3. The fourth-order valence-corrected chi connectivity index (χ4v) is 10.6. The van der Waals surface area contributed by atoms with E-state index in [1.807, 2.05) is 0 Å². The highest BCUT2D eigenvalue weighted by Crippen LogP contribution is 2.45. The second kappa shape index (κ2) is 12.6. The van der Waals surface area contributed by atoms with Crippen LogP contribution in [0.3, 0.4) is 0 Å². The summed E-state index contributed by atoms with van der Waals surface area (Å²) in [5.41, 5.74) is 15.8. The highest BCUT2D eigenvalue weighted by atomic mass is 15.2. The lowest BCUT2D eigenvalue weighted by atomic mass is 9.93. The molecule has 0 radical (unpaired) electrons. The van der Waals surface area contributed by atoms with Crippen LogP contribution in [0.4, 0.5) is 0 Å². The standard InChI is InChI=1S/C57H35N5/c1-3-17-36(18-4-1)59-47-28-12-9-21-39(47)46-35-38(33-34-50(46)59)61-49-30-14-11-25-45(49)55-57(61)62-52-32-16-26-40(53(52)42-22-7-8-23-43(42)56(62)58-55)41-27-15-31-51-54(41)44-24-10-13-29-48(44)60(51)37-19-5-2-6-20-37/h1-35H. The Bertz CT molecular complexity index is 4150. The Balaban J connectivity index is 1.11. The number of benzene rings is 9. The summed E-state index contributed by atoms with van der Waals surface area (Å²) in [6.07, 6.45) is 0. The van der Waals surface area contributed by atoms with Gasteiger partial charge in [-0.2, -0.15) is 0 Å². The van der Waals surface area contributed by atoms with Gasteiger partial charge in [0.25, 0.3) is 0 Å². The fourth-order valence-electron chi connectivity index (χ4n) is 10.6. The molecular formula is C57H35N5. The van der Waals surface area contributed by atoms with E-state index in [4.69, 9.17) is 4.98 Å². The molecule has 14 aromatic rings. The largest absolute Gasteiger partial charge is 0.309 e. The number of aromatic nitrogens is 5. The van der Waals surface area contributed by atoms with Gasteiger partial charge in [0.2, 0.25) is 0 Å². The molecule has 5 aromatic heterocycles. The van der Waals surface area contributed by atoms with Crippen LogP contribution < -0.4 is 0 Å². The first-order chi connectivity index (χ1) is 30.8. The molecule has 9 aromatic carbocycles. The predicted octanol–water partition coefficient (Wildman–Crippen LogP) is 14.6. The second-order valence-electron chi connectivity index (χ2n) is 16.3. The van der Waals surface area contributed by atoms with Gasteiger partial charge in [-0.05, 0) is 89.3 Å². The van der Waals surface area contributed by atoms with E-state index in [2.05, 4.69) is 230 Å². The molecule has 0 aliphatic heterocycles. The molecule has 0 aliphatic carbocycles. The molecule has 5 heteroatoms. The summed E-state index contributed by atoms with van der Waals surface area (Å²) >= 11 is 0. The van der Waals surface area contributed by atoms with Crippen LogP contribution in [0.2, 0.25) is 0 Å². The van der Waals surface area contributed by atoms with Crippen molar-refractivity contribution >= 4 is 93.0 Å². The van der Waals surface area contributed by atoms with Crippen LogP contribution in [-0.2, 0) is 0 Å². The van der Waals surface area contributed by atoms with E-state index in [9.17, 15) is 0 Å². The Morgan fingerprint density at radius 3 is 1.47 bits per heavy atom. The topological polar surface area (TPSA) is 32.1 Å². The van der Waals surface area contributed by atoms with Crippen LogP contribution in [0.1, 0.15) is 0 Å². The van der Waals surface area contributed by atoms with Gasteiger partial charge in [0, 0.05) is 54.8 Å². The first kappa shape index (κ1) is 33.4. The average Bonchev–Trinajstić information content (AvgIpc) is 4.08. The third-order valence-electron chi connectivity index (χ3n) is 13.1. The number of hydrogen-bond donors (Lipinski definition) is 0. The number of nitrogens with zero attached hydrogens (tertiary/aromatic N) is 5. The summed E-state index contributed by atoms with van der Waals surface area (Å²) in [7, 11) is 0. The molecule has 0 aliphatic rings. The molecule has 0 spiro atoms. The van der Waals surface area contributed by atoms with Crippen LogP contribution in [-0.4, -0.2) is 23.1 Å². The number of rotatable bonds is 4. The van der Waals surface area contributed by atoms with Crippen LogP contribution >= 0.6 is 0 Å². The lowest BCUT2D eigenvalue weighted by molar-refractivity contribution is 1.12. The van der Waals surface area contributed by atoms with Crippen molar-refractivity contribution in [1.82, 2.24) is 23.1 Å². The van der Waals surface area contributed by atoms with Gasteiger partial charge in [-0.15, -0.1) is 0 Å². The Hall–Kier alpha value is -8.41. The number of pyridine rings is 1. The van der Waals surface area contributed by atoms with Gasteiger partial charge < -0.3 is 9.13 Å². The average molecular weight is 790 g/mol. The quantitative estimate of drug-likeness (QED) is 0.163. The fraction of sp³-hybridized carbons (Fsp3) is 0.